The molecule has 1 unspecified atom stereocenters. The third-order valence-corrected chi connectivity index (χ3v) is 2.98. The third kappa shape index (κ3) is 4.91. The number of likely N-dealkylation sites (N-methyl/N-ethyl adjacent to an activating group) is 1. The summed E-state index contributed by atoms with van der Waals surface area (Å²) in [6.45, 7) is 9.22. The molecule has 4 nitrogen and oxygen atoms in total. The molecule has 19 heavy (non-hydrogen) atoms. The van der Waals surface area contributed by atoms with E-state index in [1.165, 1.54) is 0 Å². The van der Waals surface area contributed by atoms with Gasteiger partial charge < -0.3 is 11.1 Å². The van der Waals surface area contributed by atoms with Gasteiger partial charge in [0.05, 0.1) is 17.4 Å². The quantitative estimate of drug-likeness (QED) is 0.821. The molecule has 1 aromatic carbocycles. The van der Waals surface area contributed by atoms with Crippen LogP contribution >= 0.6 is 0 Å². The van der Waals surface area contributed by atoms with Crippen molar-refractivity contribution in [1.82, 2.24) is 4.90 Å². The van der Waals surface area contributed by atoms with E-state index in [-0.39, 0.29) is 17.4 Å². The largest absolute Gasteiger partial charge is 0.397 e. The highest BCUT2D eigenvalue weighted by atomic mass is 16.2. The van der Waals surface area contributed by atoms with Crippen molar-refractivity contribution in [3.63, 3.8) is 0 Å². The Bertz CT molecular complexity index is 437. The van der Waals surface area contributed by atoms with Crippen LogP contribution in [0.5, 0.6) is 0 Å². The van der Waals surface area contributed by atoms with Gasteiger partial charge in [0, 0.05) is 6.54 Å². The average Bonchev–Trinajstić information content (AvgIpc) is 2.28. The zero-order valence-electron chi connectivity index (χ0n) is 12.5. The Hall–Kier alpha value is -1.55. The molecule has 106 valence electrons. The maximum Gasteiger partial charge on any atom is 0.241 e. The van der Waals surface area contributed by atoms with E-state index in [2.05, 4.69) is 31.0 Å². The summed E-state index contributed by atoms with van der Waals surface area (Å²) in [7, 11) is 1.96. The Morgan fingerprint density at radius 1 is 1.37 bits per heavy atom. The molecule has 0 radical (unpaired) electrons. The summed E-state index contributed by atoms with van der Waals surface area (Å²) < 4.78 is 0. The minimum absolute atomic E-state index is 0.0374. The number of carbonyl (C=O) groups is 1. The summed E-state index contributed by atoms with van der Waals surface area (Å²) in [4.78, 5) is 14.2. The van der Waals surface area contributed by atoms with E-state index in [9.17, 15) is 4.79 Å². The van der Waals surface area contributed by atoms with Gasteiger partial charge in [0.15, 0.2) is 0 Å². The number of nitrogens with two attached hydrogens (primary N) is 1. The first-order valence-corrected chi connectivity index (χ1v) is 6.56. The molecule has 0 aromatic heterocycles. The third-order valence-electron chi connectivity index (χ3n) is 2.98. The predicted octanol–water partition coefficient (Wildman–Crippen LogP) is 2.57. The number of rotatable bonds is 4. The van der Waals surface area contributed by atoms with Crippen LogP contribution in [0.1, 0.15) is 27.7 Å². The van der Waals surface area contributed by atoms with Gasteiger partial charge in [0.25, 0.3) is 0 Å². The summed E-state index contributed by atoms with van der Waals surface area (Å²) in [5, 5.41) is 2.87. The van der Waals surface area contributed by atoms with Gasteiger partial charge >= 0.3 is 0 Å². The summed E-state index contributed by atoms with van der Waals surface area (Å²) in [6, 6.07) is 7.09. The lowest BCUT2D eigenvalue weighted by Gasteiger charge is -2.30. The van der Waals surface area contributed by atoms with Gasteiger partial charge in [-0.05, 0) is 31.5 Å². The SMILES string of the molecule is CC(C(=O)Nc1ccccc1N)N(C)CC(C)(C)C. The van der Waals surface area contributed by atoms with Crippen LogP contribution in [0.3, 0.4) is 0 Å². The maximum absolute atomic E-state index is 12.2. The van der Waals surface area contributed by atoms with Gasteiger partial charge in [-0.15, -0.1) is 0 Å². The lowest BCUT2D eigenvalue weighted by Crippen LogP contribution is -2.43. The second-order valence-electron chi connectivity index (χ2n) is 6.23. The number of nitrogens with one attached hydrogen (secondary N) is 1. The van der Waals surface area contributed by atoms with Crippen molar-refractivity contribution in [2.45, 2.75) is 33.7 Å². The Morgan fingerprint density at radius 2 is 1.95 bits per heavy atom. The summed E-state index contributed by atoms with van der Waals surface area (Å²) in [6.07, 6.45) is 0. The van der Waals surface area contributed by atoms with Gasteiger partial charge in [-0.3, -0.25) is 9.69 Å². The van der Waals surface area contributed by atoms with E-state index >= 15 is 0 Å². The zero-order chi connectivity index (χ0) is 14.6. The molecule has 0 heterocycles. The van der Waals surface area contributed by atoms with Crippen LogP contribution in [0, 0.1) is 5.41 Å². The van der Waals surface area contributed by atoms with Crippen molar-refractivity contribution in [2.24, 2.45) is 5.41 Å². The second-order valence-corrected chi connectivity index (χ2v) is 6.23. The van der Waals surface area contributed by atoms with E-state index < -0.39 is 0 Å². The lowest BCUT2D eigenvalue weighted by molar-refractivity contribution is -0.120. The van der Waals surface area contributed by atoms with Crippen LogP contribution in [0.15, 0.2) is 24.3 Å². The van der Waals surface area contributed by atoms with E-state index in [0.29, 0.717) is 11.4 Å². The topological polar surface area (TPSA) is 58.4 Å². The minimum atomic E-state index is -0.196. The van der Waals surface area contributed by atoms with Crippen molar-refractivity contribution < 1.29 is 4.79 Å². The van der Waals surface area contributed by atoms with E-state index in [0.717, 1.165) is 6.54 Å². The normalized spacial score (nSPS) is 13.4. The maximum atomic E-state index is 12.2. The Labute approximate surface area is 116 Å². The molecule has 0 spiro atoms. The van der Waals surface area contributed by atoms with Crippen LogP contribution in [0.25, 0.3) is 0 Å². The molecule has 0 saturated heterocycles. The number of carbonyl (C=O) groups excluding carboxylic acids is 1. The average molecular weight is 263 g/mol. The number of anilines is 2. The van der Waals surface area contributed by atoms with Crippen molar-refractivity contribution in [3.05, 3.63) is 24.3 Å². The Morgan fingerprint density at radius 3 is 2.47 bits per heavy atom. The van der Waals surface area contributed by atoms with Gasteiger partial charge in [-0.1, -0.05) is 32.9 Å². The highest BCUT2D eigenvalue weighted by Gasteiger charge is 2.22. The number of amides is 1. The zero-order valence-corrected chi connectivity index (χ0v) is 12.5. The fourth-order valence-electron chi connectivity index (χ4n) is 1.93. The van der Waals surface area contributed by atoms with Gasteiger partial charge in [-0.25, -0.2) is 0 Å². The molecule has 0 fully saturated rings. The monoisotopic (exact) mass is 263 g/mol. The molecule has 1 rings (SSSR count). The Balaban J connectivity index is 2.65. The molecule has 0 aliphatic rings. The van der Waals surface area contributed by atoms with Crippen molar-refractivity contribution in [3.8, 4) is 0 Å². The van der Waals surface area contributed by atoms with Crippen LogP contribution in [-0.2, 0) is 4.79 Å². The highest BCUT2D eigenvalue weighted by molar-refractivity contribution is 5.96. The number of benzene rings is 1. The number of hydrogen-bond donors (Lipinski definition) is 2. The number of nitrogens with zero attached hydrogens (tertiary/aromatic N) is 1. The molecular weight excluding hydrogens is 238 g/mol. The predicted molar refractivity (Wildman–Crippen MR) is 81.0 cm³/mol. The standard InChI is InChI=1S/C15H25N3O/c1-11(18(5)10-15(2,3)4)14(19)17-13-9-7-6-8-12(13)16/h6-9,11H,10,16H2,1-5H3,(H,17,19). The second kappa shape index (κ2) is 6.06. The molecule has 4 heteroatoms. The number of hydrogen-bond acceptors (Lipinski definition) is 3. The number of para-hydroxylation sites is 2. The Kier molecular flexibility index (Phi) is 4.95. The molecule has 3 N–H and O–H groups in total. The lowest BCUT2D eigenvalue weighted by atomic mass is 9.95. The number of nitrogen functional groups attached to an aromatic ring is 1. The molecular formula is C15H25N3O. The summed E-state index contributed by atoms with van der Waals surface area (Å²) in [5.74, 6) is -0.0374. The fourth-order valence-corrected chi connectivity index (χ4v) is 1.93. The molecule has 1 amide bonds. The summed E-state index contributed by atoms with van der Waals surface area (Å²) in [5.41, 5.74) is 7.23. The van der Waals surface area contributed by atoms with Crippen LogP contribution in [0.4, 0.5) is 11.4 Å². The highest BCUT2D eigenvalue weighted by Crippen LogP contribution is 2.19. The summed E-state index contributed by atoms with van der Waals surface area (Å²) >= 11 is 0. The van der Waals surface area contributed by atoms with Crippen LogP contribution in [-0.4, -0.2) is 30.4 Å². The molecule has 1 aromatic rings. The first kappa shape index (κ1) is 15.5. The van der Waals surface area contributed by atoms with Crippen molar-refractivity contribution >= 4 is 17.3 Å². The van der Waals surface area contributed by atoms with E-state index in [4.69, 9.17) is 5.73 Å². The van der Waals surface area contributed by atoms with Gasteiger partial charge in [0.1, 0.15) is 0 Å². The van der Waals surface area contributed by atoms with E-state index in [1.807, 2.05) is 32.2 Å². The van der Waals surface area contributed by atoms with Crippen molar-refractivity contribution in [1.29, 1.82) is 0 Å². The minimum Gasteiger partial charge on any atom is -0.397 e. The fraction of sp³-hybridized carbons (Fsp3) is 0.533. The molecule has 0 saturated carbocycles. The van der Waals surface area contributed by atoms with Gasteiger partial charge in [0.2, 0.25) is 5.91 Å². The van der Waals surface area contributed by atoms with Crippen molar-refractivity contribution in [2.75, 3.05) is 24.6 Å². The first-order chi connectivity index (χ1) is 8.70. The smallest absolute Gasteiger partial charge is 0.241 e. The van der Waals surface area contributed by atoms with Gasteiger partial charge in [-0.2, -0.15) is 0 Å². The molecule has 0 bridgehead atoms. The molecule has 1 atom stereocenters. The first-order valence-electron chi connectivity index (χ1n) is 6.56. The molecule has 0 aliphatic carbocycles. The van der Waals surface area contributed by atoms with Crippen LogP contribution < -0.4 is 11.1 Å². The van der Waals surface area contributed by atoms with Crippen LogP contribution in [0.2, 0.25) is 0 Å². The molecule has 0 aliphatic heterocycles. The van der Waals surface area contributed by atoms with E-state index in [1.54, 1.807) is 6.07 Å².